The van der Waals surface area contributed by atoms with Crippen LogP contribution in [0.2, 0.25) is 0 Å². The molecular weight excluding hydrogens is 457 g/mol. The van der Waals surface area contributed by atoms with Gasteiger partial charge in [0.1, 0.15) is 33.4 Å². The highest BCUT2D eigenvalue weighted by Crippen LogP contribution is 2.36. The molecule has 2 aromatic heterocycles. The number of thiophene rings is 1. The van der Waals surface area contributed by atoms with Gasteiger partial charge in [-0.3, -0.25) is 4.79 Å². The van der Waals surface area contributed by atoms with Gasteiger partial charge in [0, 0.05) is 43.0 Å². The summed E-state index contributed by atoms with van der Waals surface area (Å²) in [6.45, 7) is 3.64. The van der Waals surface area contributed by atoms with E-state index in [0.29, 0.717) is 38.6 Å². The minimum atomic E-state index is -0.365. The van der Waals surface area contributed by atoms with Crippen LogP contribution >= 0.6 is 11.3 Å². The van der Waals surface area contributed by atoms with Crippen LogP contribution < -0.4 is 20.7 Å². The minimum absolute atomic E-state index is 0.211. The zero-order valence-electron chi connectivity index (χ0n) is 18.8. The number of amides is 1. The van der Waals surface area contributed by atoms with Crippen LogP contribution in [0, 0.1) is 12.7 Å². The first kappa shape index (κ1) is 21.5. The molecule has 3 aliphatic heterocycles. The summed E-state index contributed by atoms with van der Waals surface area (Å²) in [5, 5.41) is 2.94. The van der Waals surface area contributed by atoms with Gasteiger partial charge in [-0.1, -0.05) is 0 Å². The lowest BCUT2D eigenvalue weighted by molar-refractivity contribution is -0.0605. The van der Waals surface area contributed by atoms with Gasteiger partial charge in [-0.05, 0) is 32.3 Å². The Kier molecular flexibility index (Phi) is 5.29. The van der Waals surface area contributed by atoms with Gasteiger partial charge in [0.2, 0.25) is 0 Å². The molecule has 2 saturated heterocycles. The highest BCUT2D eigenvalue weighted by Gasteiger charge is 2.33. The largest absolute Gasteiger partial charge is 0.491 e. The lowest BCUT2D eigenvalue weighted by Crippen LogP contribution is -2.50. The number of fused-ring (bicyclic) bond motifs is 4. The molecule has 2 bridgehead atoms. The Hall–Kier alpha value is -2.98. The quantitative estimate of drug-likeness (QED) is 0.590. The zero-order chi connectivity index (χ0) is 23.4. The number of halogens is 1. The lowest BCUT2D eigenvalue weighted by Gasteiger charge is -2.43. The van der Waals surface area contributed by atoms with Crippen LogP contribution in [0.25, 0.3) is 10.3 Å². The SMILES string of the molecule is Cc1cnc2c(N)c(C(=O)N[C@H]3COc4cc(N5CC6CCCC(C5)O6)cc(F)c4C3)sc2n1. The number of hydrogen-bond acceptors (Lipinski definition) is 8. The second-order valence-corrected chi connectivity index (χ2v) is 10.3. The van der Waals surface area contributed by atoms with Gasteiger partial charge in [0.05, 0.1) is 29.6 Å². The predicted molar refractivity (Wildman–Crippen MR) is 128 cm³/mol. The molecule has 0 radical (unpaired) electrons. The van der Waals surface area contributed by atoms with E-state index in [4.69, 9.17) is 15.2 Å². The second kappa shape index (κ2) is 8.35. The molecule has 34 heavy (non-hydrogen) atoms. The molecule has 0 spiro atoms. The van der Waals surface area contributed by atoms with Crippen molar-refractivity contribution >= 4 is 39.0 Å². The summed E-state index contributed by atoms with van der Waals surface area (Å²) in [5.74, 6) is -0.0929. The van der Waals surface area contributed by atoms with Crippen molar-refractivity contribution in [2.45, 2.75) is 50.9 Å². The maximum atomic E-state index is 15.2. The van der Waals surface area contributed by atoms with Crippen LogP contribution in [-0.2, 0) is 11.2 Å². The van der Waals surface area contributed by atoms with Crippen molar-refractivity contribution in [3.63, 3.8) is 0 Å². The summed E-state index contributed by atoms with van der Waals surface area (Å²) in [6.07, 6.45) is 5.69. The Morgan fingerprint density at radius 3 is 2.88 bits per heavy atom. The molecule has 3 N–H and O–H groups in total. The Balaban J connectivity index is 1.18. The van der Waals surface area contributed by atoms with E-state index < -0.39 is 0 Å². The normalized spacial score (nSPS) is 23.9. The molecule has 3 atom stereocenters. The van der Waals surface area contributed by atoms with E-state index in [0.717, 1.165) is 37.3 Å². The monoisotopic (exact) mass is 483 g/mol. The van der Waals surface area contributed by atoms with Crippen LogP contribution in [0.5, 0.6) is 5.75 Å². The number of aryl methyl sites for hydroxylation is 1. The Morgan fingerprint density at radius 2 is 2.09 bits per heavy atom. The fourth-order valence-corrected chi connectivity index (χ4v) is 6.11. The highest BCUT2D eigenvalue weighted by atomic mass is 32.1. The van der Waals surface area contributed by atoms with E-state index in [9.17, 15) is 4.79 Å². The maximum Gasteiger partial charge on any atom is 0.263 e. The Morgan fingerprint density at radius 1 is 1.29 bits per heavy atom. The molecule has 5 heterocycles. The molecule has 0 aliphatic carbocycles. The molecule has 178 valence electrons. The summed E-state index contributed by atoms with van der Waals surface area (Å²) >= 11 is 1.21. The van der Waals surface area contributed by atoms with Crippen LogP contribution in [0.15, 0.2) is 18.3 Å². The average Bonchev–Trinajstić information content (AvgIpc) is 3.14. The third-order valence-electron chi connectivity index (χ3n) is 6.78. The number of nitrogen functional groups attached to an aromatic ring is 1. The van der Waals surface area contributed by atoms with E-state index in [1.807, 2.05) is 13.0 Å². The number of hydrogen-bond donors (Lipinski definition) is 2. The number of carbonyl (C=O) groups excluding carboxylic acids is 1. The Bertz CT molecular complexity index is 1270. The summed E-state index contributed by atoms with van der Waals surface area (Å²) in [5.41, 5.74) is 9.06. The molecule has 2 unspecified atom stereocenters. The third kappa shape index (κ3) is 3.84. The number of morpholine rings is 1. The van der Waals surface area contributed by atoms with Gasteiger partial charge in [-0.2, -0.15) is 0 Å². The average molecular weight is 484 g/mol. The van der Waals surface area contributed by atoms with E-state index >= 15 is 4.39 Å². The van der Waals surface area contributed by atoms with Gasteiger partial charge in [0.15, 0.2) is 0 Å². The van der Waals surface area contributed by atoms with Crippen molar-refractivity contribution in [3.05, 3.63) is 40.3 Å². The first-order valence-electron chi connectivity index (χ1n) is 11.6. The molecule has 10 heteroatoms. The molecule has 8 nitrogen and oxygen atoms in total. The third-order valence-corrected chi connectivity index (χ3v) is 7.87. The lowest BCUT2D eigenvalue weighted by atomic mass is 9.97. The smallest absolute Gasteiger partial charge is 0.263 e. The van der Waals surface area contributed by atoms with E-state index in [1.165, 1.54) is 17.8 Å². The maximum absolute atomic E-state index is 15.2. The van der Waals surface area contributed by atoms with Crippen molar-refractivity contribution in [2.75, 3.05) is 30.3 Å². The van der Waals surface area contributed by atoms with Crippen molar-refractivity contribution in [3.8, 4) is 5.75 Å². The molecule has 6 rings (SSSR count). The van der Waals surface area contributed by atoms with Crippen molar-refractivity contribution in [1.82, 2.24) is 15.3 Å². The molecule has 1 amide bonds. The first-order chi connectivity index (χ1) is 16.4. The summed E-state index contributed by atoms with van der Waals surface area (Å²) in [4.78, 5) is 24.8. The van der Waals surface area contributed by atoms with Crippen LogP contribution in [-0.4, -0.2) is 53.8 Å². The number of nitrogens with two attached hydrogens (primary N) is 1. The van der Waals surface area contributed by atoms with Gasteiger partial charge >= 0.3 is 0 Å². The van der Waals surface area contributed by atoms with Gasteiger partial charge < -0.3 is 25.4 Å². The highest BCUT2D eigenvalue weighted by molar-refractivity contribution is 7.21. The number of rotatable bonds is 3. The number of carbonyl (C=O) groups is 1. The van der Waals surface area contributed by atoms with Gasteiger partial charge in [-0.25, -0.2) is 14.4 Å². The van der Waals surface area contributed by atoms with Gasteiger partial charge in [0.25, 0.3) is 5.91 Å². The summed E-state index contributed by atoms with van der Waals surface area (Å²) in [6, 6.07) is 3.13. The topological polar surface area (TPSA) is 103 Å². The first-order valence-corrected chi connectivity index (χ1v) is 12.4. The number of benzene rings is 1. The van der Waals surface area contributed by atoms with Crippen LogP contribution in [0.4, 0.5) is 15.8 Å². The number of nitrogens with zero attached hydrogens (tertiary/aromatic N) is 3. The fraction of sp³-hybridized carbons (Fsp3) is 0.458. The van der Waals surface area contributed by atoms with E-state index in [1.54, 1.807) is 12.3 Å². The van der Waals surface area contributed by atoms with Crippen LogP contribution in [0.1, 0.15) is 40.2 Å². The number of ether oxygens (including phenoxy) is 2. The number of nitrogens with one attached hydrogen (secondary N) is 1. The van der Waals surface area contributed by atoms with Crippen LogP contribution in [0.3, 0.4) is 0 Å². The summed E-state index contributed by atoms with van der Waals surface area (Å²) < 4.78 is 27.1. The van der Waals surface area contributed by atoms with Crippen molar-refractivity contribution in [2.24, 2.45) is 0 Å². The number of aromatic nitrogens is 2. The molecule has 2 fully saturated rings. The molecule has 0 saturated carbocycles. The van der Waals surface area contributed by atoms with E-state index in [2.05, 4.69) is 20.2 Å². The van der Waals surface area contributed by atoms with Gasteiger partial charge in [-0.15, -0.1) is 11.3 Å². The minimum Gasteiger partial charge on any atom is -0.491 e. The predicted octanol–water partition coefficient (Wildman–Crippen LogP) is 3.21. The fourth-order valence-electron chi connectivity index (χ4n) is 5.11. The second-order valence-electron chi connectivity index (χ2n) is 9.32. The van der Waals surface area contributed by atoms with Crippen molar-refractivity contribution in [1.29, 1.82) is 0 Å². The Labute approximate surface area is 200 Å². The standard InChI is InChI=1S/C24H26FN5O3S/c1-12-8-27-21-20(26)22(34-24(21)28-12)23(31)29-13-5-17-18(25)6-14(7-19(17)32-11-13)30-9-15-3-2-4-16(10-30)33-15/h6-8,13,15-16H,2-5,9-11,26H2,1H3,(H,29,31)/t13-,15?,16?/m1/s1. The number of anilines is 2. The molecule has 1 aromatic carbocycles. The molecule has 3 aromatic rings. The zero-order valence-corrected chi connectivity index (χ0v) is 19.7. The summed E-state index contributed by atoms with van der Waals surface area (Å²) in [7, 11) is 0. The molecule has 3 aliphatic rings. The molecular formula is C24H26FN5O3S. The van der Waals surface area contributed by atoms with Crippen molar-refractivity contribution < 1.29 is 18.7 Å². The van der Waals surface area contributed by atoms with E-state index in [-0.39, 0.29) is 36.6 Å².